The van der Waals surface area contributed by atoms with Gasteiger partial charge in [-0.3, -0.25) is 14.5 Å². The highest BCUT2D eigenvalue weighted by Gasteiger charge is 2.46. The number of morpholine rings is 1. The average molecular weight is 315 g/mol. The Bertz CT molecular complexity index is 442. The Kier molecular flexibility index (Phi) is 5.93. The third kappa shape index (κ3) is 4.69. The van der Waals surface area contributed by atoms with Gasteiger partial charge in [0.25, 0.3) is 0 Å². The summed E-state index contributed by atoms with van der Waals surface area (Å²) in [6.45, 7) is 9.30. The first-order valence-electron chi connectivity index (χ1n) is 7.37. The monoisotopic (exact) mass is 315 g/mol. The molecule has 0 spiro atoms. The Morgan fingerprint density at radius 2 is 1.91 bits per heavy atom. The SMILES string of the molecule is CCOC(=O)CC(=O)[C@@]1(C)COCCN1C(=O)OC(C)(C)C. The Morgan fingerprint density at radius 3 is 2.45 bits per heavy atom. The molecule has 1 saturated heterocycles. The number of ketones is 1. The normalized spacial score (nSPS) is 22.1. The minimum Gasteiger partial charge on any atom is -0.466 e. The van der Waals surface area contributed by atoms with Crippen LogP contribution in [-0.4, -0.2) is 60.3 Å². The van der Waals surface area contributed by atoms with Gasteiger partial charge in [0.05, 0.1) is 19.8 Å². The molecule has 1 heterocycles. The Morgan fingerprint density at radius 1 is 1.27 bits per heavy atom. The van der Waals surface area contributed by atoms with E-state index in [-0.39, 0.29) is 19.8 Å². The molecule has 0 saturated carbocycles. The van der Waals surface area contributed by atoms with Gasteiger partial charge in [0, 0.05) is 6.54 Å². The fourth-order valence-electron chi connectivity index (χ4n) is 2.13. The number of carbonyl (C=O) groups is 3. The molecule has 7 nitrogen and oxygen atoms in total. The van der Waals surface area contributed by atoms with Crippen LogP contribution in [0, 0.1) is 0 Å². The van der Waals surface area contributed by atoms with Gasteiger partial charge in [0.2, 0.25) is 0 Å². The van der Waals surface area contributed by atoms with Crippen molar-refractivity contribution >= 4 is 17.8 Å². The molecule has 0 N–H and O–H groups in total. The first-order valence-corrected chi connectivity index (χ1v) is 7.37. The average Bonchev–Trinajstić information content (AvgIpc) is 2.37. The van der Waals surface area contributed by atoms with Crippen molar-refractivity contribution in [2.45, 2.75) is 52.2 Å². The number of carbonyl (C=O) groups excluding carboxylic acids is 3. The lowest BCUT2D eigenvalue weighted by atomic mass is 9.92. The van der Waals surface area contributed by atoms with Gasteiger partial charge in [-0.15, -0.1) is 0 Å². The van der Waals surface area contributed by atoms with E-state index in [0.717, 1.165) is 0 Å². The van der Waals surface area contributed by atoms with Gasteiger partial charge in [0.15, 0.2) is 5.78 Å². The highest BCUT2D eigenvalue weighted by molar-refractivity contribution is 6.02. The van der Waals surface area contributed by atoms with Crippen LogP contribution in [0.4, 0.5) is 4.79 Å². The van der Waals surface area contributed by atoms with Crippen LogP contribution in [-0.2, 0) is 23.8 Å². The van der Waals surface area contributed by atoms with Crippen LogP contribution in [0.15, 0.2) is 0 Å². The molecule has 0 aromatic rings. The second kappa shape index (κ2) is 7.09. The second-order valence-corrected chi connectivity index (χ2v) is 6.36. The van der Waals surface area contributed by atoms with Crippen LogP contribution in [0.5, 0.6) is 0 Å². The van der Waals surface area contributed by atoms with E-state index < -0.39 is 35.4 Å². The predicted octanol–water partition coefficient (Wildman–Crippen LogP) is 1.53. The lowest BCUT2D eigenvalue weighted by molar-refractivity contribution is -0.152. The van der Waals surface area contributed by atoms with E-state index in [2.05, 4.69) is 0 Å². The number of amides is 1. The number of ether oxygens (including phenoxy) is 3. The number of hydrogen-bond donors (Lipinski definition) is 0. The van der Waals surface area contributed by atoms with Gasteiger partial charge in [-0.25, -0.2) is 4.79 Å². The molecule has 1 aliphatic heterocycles. The van der Waals surface area contributed by atoms with Crippen LogP contribution in [0.3, 0.4) is 0 Å². The van der Waals surface area contributed by atoms with Crippen LogP contribution >= 0.6 is 0 Å². The second-order valence-electron chi connectivity index (χ2n) is 6.36. The van der Waals surface area contributed by atoms with E-state index >= 15 is 0 Å². The summed E-state index contributed by atoms with van der Waals surface area (Å²) in [6.07, 6.45) is -0.983. The maximum atomic E-state index is 12.5. The first-order chi connectivity index (χ1) is 10.1. The Balaban J connectivity index is 2.88. The summed E-state index contributed by atoms with van der Waals surface area (Å²) in [4.78, 5) is 37.6. The topological polar surface area (TPSA) is 82.1 Å². The Hall–Kier alpha value is -1.63. The predicted molar refractivity (Wildman–Crippen MR) is 78.4 cm³/mol. The third-order valence-electron chi connectivity index (χ3n) is 3.26. The van der Waals surface area contributed by atoms with Crippen molar-refractivity contribution in [3.8, 4) is 0 Å². The molecular weight excluding hydrogens is 290 g/mol. The molecule has 1 fully saturated rings. The molecule has 1 atom stereocenters. The molecule has 7 heteroatoms. The zero-order valence-corrected chi connectivity index (χ0v) is 13.9. The minimum absolute atomic E-state index is 0.0322. The van der Waals surface area contributed by atoms with E-state index in [1.165, 1.54) is 4.90 Å². The van der Waals surface area contributed by atoms with Crippen LogP contribution in [0.2, 0.25) is 0 Å². The van der Waals surface area contributed by atoms with E-state index in [1.54, 1.807) is 34.6 Å². The molecule has 0 aliphatic carbocycles. The van der Waals surface area contributed by atoms with Crippen molar-refractivity contribution in [1.82, 2.24) is 4.90 Å². The summed E-state index contributed by atoms with van der Waals surface area (Å²) in [5.41, 5.74) is -1.90. The zero-order chi connectivity index (χ0) is 17.0. The molecule has 0 radical (unpaired) electrons. The summed E-state index contributed by atoms with van der Waals surface area (Å²) in [5, 5.41) is 0. The van der Waals surface area contributed by atoms with Crippen molar-refractivity contribution in [2.24, 2.45) is 0 Å². The Labute approximate surface area is 130 Å². The standard InChI is InChI=1S/C15H25NO6/c1-6-21-12(18)9-11(17)15(5)10-20-8-7-16(15)13(19)22-14(2,3)4/h6-10H2,1-5H3/t15-/m1/s1. The van der Waals surface area contributed by atoms with Gasteiger partial charge in [-0.2, -0.15) is 0 Å². The largest absolute Gasteiger partial charge is 0.466 e. The van der Waals surface area contributed by atoms with Crippen LogP contribution in [0.1, 0.15) is 41.0 Å². The highest BCUT2D eigenvalue weighted by atomic mass is 16.6. The molecule has 0 unspecified atom stereocenters. The number of nitrogens with zero attached hydrogens (tertiary/aromatic N) is 1. The van der Waals surface area contributed by atoms with Gasteiger partial charge in [-0.05, 0) is 34.6 Å². The van der Waals surface area contributed by atoms with Gasteiger partial charge >= 0.3 is 12.1 Å². The summed E-state index contributed by atoms with van der Waals surface area (Å²) in [5.74, 6) is -1.03. The van der Waals surface area contributed by atoms with Crippen molar-refractivity contribution in [3.05, 3.63) is 0 Å². The molecule has 1 rings (SSSR count). The zero-order valence-electron chi connectivity index (χ0n) is 13.9. The lowest BCUT2D eigenvalue weighted by Crippen LogP contribution is -2.62. The number of esters is 1. The van der Waals surface area contributed by atoms with Crippen molar-refractivity contribution in [1.29, 1.82) is 0 Å². The van der Waals surface area contributed by atoms with Gasteiger partial charge in [0.1, 0.15) is 17.6 Å². The smallest absolute Gasteiger partial charge is 0.411 e. The summed E-state index contributed by atoms with van der Waals surface area (Å²) in [6, 6.07) is 0. The fraction of sp³-hybridized carbons (Fsp3) is 0.800. The van der Waals surface area contributed by atoms with Gasteiger partial charge < -0.3 is 14.2 Å². The molecule has 0 aromatic heterocycles. The van der Waals surface area contributed by atoms with Crippen LogP contribution < -0.4 is 0 Å². The first kappa shape index (κ1) is 18.4. The summed E-state index contributed by atoms with van der Waals surface area (Å²) >= 11 is 0. The fourth-order valence-corrected chi connectivity index (χ4v) is 2.13. The lowest BCUT2D eigenvalue weighted by Gasteiger charge is -2.43. The van der Waals surface area contributed by atoms with E-state index in [4.69, 9.17) is 14.2 Å². The minimum atomic E-state index is -1.23. The molecule has 1 aliphatic rings. The quantitative estimate of drug-likeness (QED) is 0.578. The van der Waals surface area contributed by atoms with E-state index in [1.807, 2.05) is 0 Å². The molecule has 126 valence electrons. The van der Waals surface area contributed by atoms with E-state index in [9.17, 15) is 14.4 Å². The van der Waals surface area contributed by atoms with Gasteiger partial charge in [-0.1, -0.05) is 0 Å². The molecule has 1 amide bonds. The summed E-state index contributed by atoms with van der Waals surface area (Å²) < 4.78 is 15.5. The molecular formula is C15H25NO6. The highest BCUT2D eigenvalue weighted by Crippen LogP contribution is 2.25. The number of rotatable bonds is 4. The number of Topliss-reactive ketones (excluding diaryl/α,β-unsaturated/α-hetero) is 1. The summed E-state index contributed by atoms with van der Waals surface area (Å²) in [7, 11) is 0. The molecule has 0 bridgehead atoms. The third-order valence-corrected chi connectivity index (χ3v) is 3.26. The van der Waals surface area contributed by atoms with Crippen molar-refractivity contribution in [3.63, 3.8) is 0 Å². The molecule has 22 heavy (non-hydrogen) atoms. The maximum Gasteiger partial charge on any atom is 0.411 e. The maximum absolute atomic E-state index is 12.5. The van der Waals surface area contributed by atoms with Crippen LogP contribution in [0.25, 0.3) is 0 Å². The van der Waals surface area contributed by atoms with Crippen molar-refractivity contribution in [2.75, 3.05) is 26.4 Å². The number of hydrogen-bond acceptors (Lipinski definition) is 6. The molecule has 0 aromatic carbocycles. The van der Waals surface area contributed by atoms with Crippen molar-refractivity contribution < 1.29 is 28.6 Å². The van der Waals surface area contributed by atoms with E-state index in [0.29, 0.717) is 6.61 Å².